The van der Waals surface area contributed by atoms with E-state index in [1.807, 2.05) is 84.9 Å². The highest BCUT2D eigenvalue weighted by Crippen LogP contribution is 2.40. The van der Waals surface area contributed by atoms with E-state index in [9.17, 15) is 9.59 Å². The molecule has 6 heteroatoms. The molecule has 0 bridgehead atoms. The van der Waals surface area contributed by atoms with Gasteiger partial charge in [0.05, 0.1) is 6.54 Å². The van der Waals surface area contributed by atoms with Crippen LogP contribution in [0.25, 0.3) is 0 Å². The Labute approximate surface area is 205 Å². The van der Waals surface area contributed by atoms with E-state index in [4.69, 9.17) is 10.7 Å². The van der Waals surface area contributed by atoms with E-state index in [1.165, 1.54) is 11.3 Å². The van der Waals surface area contributed by atoms with E-state index in [0.29, 0.717) is 0 Å². The minimum Gasteiger partial charge on any atom is -0.369 e. The van der Waals surface area contributed by atoms with E-state index in [-0.39, 0.29) is 30.2 Å². The van der Waals surface area contributed by atoms with Gasteiger partial charge in [0, 0.05) is 11.6 Å². The predicted molar refractivity (Wildman–Crippen MR) is 137 cm³/mol. The van der Waals surface area contributed by atoms with Crippen LogP contribution < -0.4 is 11.1 Å². The Hall–Kier alpha value is -3.93. The maximum Gasteiger partial charge on any atom is 0.266 e. The van der Waals surface area contributed by atoms with Gasteiger partial charge in [-0.3, -0.25) is 14.5 Å². The summed E-state index contributed by atoms with van der Waals surface area (Å²) in [5.74, 6) is 0.142. The topological polar surface area (TPSA) is 87.8 Å². The Kier molecular flexibility index (Phi) is 6.36. The number of amides is 2. The van der Waals surface area contributed by atoms with Gasteiger partial charge in [-0.2, -0.15) is 0 Å². The lowest BCUT2D eigenvalue weighted by atomic mass is 9.83. The van der Waals surface area contributed by atoms with E-state index >= 15 is 0 Å². The molecule has 0 unspecified atom stereocenters. The van der Waals surface area contributed by atoms with Crippen LogP contribution in [0.15, 0.2) is 89.9 Å². The summed E-state index contributed by atoms with van der Waals surface area (Å²) in [7, 11) is 0. The molecule has 1 aliphatic carbocycles. The summed E-state index contributed by atoms with van der Waals surface area (Å²) in [6, 6.07) is 26.7. The fraction of sp³-hybridized carbons (Fsp3) is 0.276. The van der Waals surface area contributed by atoms with Crippen LogP contribution >= 0.6 is 0 Å². The van der Waals surface area contributed by atoms with Crippen molar-refractivity contribution in [3.05, 3.63) is 102 Å². The van der Waals surface area contributed by atoms with Gasteiger partial charge in [-0.25, -0.2) is 4.99 Å². The Balaban J connectivity index is 1.40. The number of hydrogen-bond donors (Lipinski definition) is 2. The third-order valence-corrected chi connectivity index (χ3v) is 7.01. The smallest absolute Gasteiger partial charge is 0.266 e. The normalized spacial score (nSPS) is 17.8. The third kappa shape index (κ3) is 4.44. The molecule has 2 amide bonds. The molecule has 0 radical (unpaired) electrons. The van der Waals surface area contributed by atoms with E-state index < -0.39 is 5.54 Å². The average molecular weight is 467 g/mol. The summed E-state index contributed by atoms with van der Waals surface area (Å²) in [6.45, 7) is 0.267. The number of anilines is 1. The lowest BCUT2D eigenvalue weighted by Crippen LogP contribution is -2.43. The molecule has 6 nitrogen and oxygen atoms in total. The Morgan fingerprint density at radius 1 is 0.914 bits per heavy atom. The molecule has 3 N–H and O–H groups in total. The number of carbonyl (C=O) groups is 2. The number of hydrogen-bond acceptors (Lipinski definition) is 4. The number of nitrogens with one attached hydrogen (secondary N) is 1. The van der Waals surface area contributed by atoms with Crippen LogP contribution in [0.3, 0.4) is 0 Å². The van der Waals surface area contributed by atoms with Crippen LogP contribution in [-0.4, -0.2) is 22.7 Å². The first-order valence-electron chi connectivity index (χ1n) is 12.3. The first-order valence-corrected chi connectivity index (χ1v) is 12.3. The van der Waals surface area contributed by atoms with Gasteiger partial charge in [-0.15, -0.1) is 0 Å². The van der Waals surface area contributed by atoms with Crippen LogP contribution in [0.2, 0.25) is 0 Å². The van der Waals surface area contributed by atoms with Crippen molar-refractivity contribution in [2.75, 3.05) is 5.32 Å². The zero-order chi connectivity index (χ0) is 24.3. The molecule has 35 heavy (non-hydrogen) atoms. The molecule has 1 fully saturated rings. The van der Waals surface area contributed by atoms with Crippen molar-refractivity contribution in [1.29, 1.82) is 0 Å². The van der Waals surface area contributed by atoms with Gasteiger partial charge in [0.2, 0.25) is 5.91 Å². The Bertz CT molecular complexity index is 1190. The fourth-order valence-electron chi connectivity index (χ4n) is 5.17. The van der Waals surface area contributed by atoms with Gasteiger partial charge in [-0.1, -0.05) is 92.1 Å². The van der Waals surface area contributed by atoms with Crippen molar-refractivity contribution in [3.63, 3.8) is 0 Å². The molecule has 178 valence electrons. The number of nitrogens with zero attached hydrogens (tertiary/aromatic N) is 2. The second-order valence-electron chi connectivity index (χ2n) is 9.33. The van der Waals surface area contributed by atoms with Crippen LogP contribution in [0.5, 0.6) is 0 Å². The van der Waals surface area contributed by atoms with Gasteiger partial charge in [0.15, 0.2) is 11.5 Å². The van der Waals surface area contributed by atoms with Crippen LogP contribution in [0, 0.1) is 5.92 Å². The number of aliphatic imine (C=N–C) groups is 1. The number of nitrogens with two attached hydrogens (primary N) is 1. The van der Waals surface area contributed by atoms with Crippen LogP contribution in [0.4, 0.5) is 5.69 Å². The van der Waals surface area contributed by atoms with Crippen molar-refractivity contribution < 1.29 is 9.59 Å². The monoisotopic (exact) mass is 466 g/mol. The summed E-state index contributed by atoms with van der Waals surface area (Å²) in [4.78, 5) is 33.0. The molecule has 5 rings (SSSR count). The summed E-state index contributed by atoms with van der Waals surface area (Å²) in [5.41, 5.74) is 8.30. The summed E-state index contributed by atoms with van der Waals surface area (Å²) in [6.07, 6.45) is 5.32. The second-order valence-corrected chi connectivity index (χ2v) is 9.33. The molecule has 3 aromatic carbocycles. The minimum absolute atomic E-state index is 0.0762. The summed E-state index contributed by atoms with van der Waals surface area (Å²) < 4.78 is 0. The van der Waals surface area contributed by atoms with E-state index in [2.05, 4.69) is 5.32 Å². The van der Waals surface area contributed by atoms with Gasteiger partial charge < -0.3 is 11.1 Å². The molecule has 1 heterocycles. The fourth-order valence-corrected chi connectivity index (χ4v) is 5.17. The Morgan fingerprint density at radius 3 is 2.17 bits per heavy atom. The standard InChI is InChI=1S/C29H30N4O2/c30-28-32-29(23-14-6-2-7-15-23,24-16-8-3-9-17-24)27(35)33(28)20-21-11-10-18-25(19-21)31-26(34)22-12-4-1-5-13-22/h2-3,6-11,14-19,22H,1,4-5,12-13,20H2,(H2,30,32)(H,31,34). The van der Waals surface area contributed by atoms with Crippen molar-refractivity contribution in [2.45, 2.75) is 44.2 Å². The minimum atomic E-state index is -1.22. The zero-order valence-electron chi connectivity index (χ0n) is 19.7. The highest BCUT2D eigenvalue weighted by molar-refractivity contribution is 6.09. The maximum absolute atomic E-state index is 14.0. The van der Waals surface area contributed by atoms with E-state index in [0.717, 1.165) is 48.1 Å². The summed E-state index contributed by atoms with van der Waals surface area (Å²) in [5, 5.41) is 3.06. The van der Waals surface area contributed by atoms with Crippen molar-refractivity contribution in [3.8, 4) is 0 Å². The predicted octanol–water partition coefficient (Wildman–Crippen LogP) is 4.81. The molecular weight excluding hydrogens is 436 g/mol. The quantitative estimate of drug-likeness (QED) is 0.547. The number of benzene rings is 3. The highest BCUT2D eigenvalue weighted by Gasteiger charge is 2.50. The second kappa shape index (κ2) is 9.74. The molecule has 0 spiro atoms. The summed E-state index contributed by atoms with van der Waals surface area (Å²) >= 11 is 0. The zero-order valence-corrected chi connectivity index (χ0v) is 19.7. The molecule has 0 aromatic heterocycles. The first-order chi connectivity index (χ1) is 17.1. The highest BCUT2D eigenvalue weighted by atomic mass is 16.2. The largest absolute Gasteiger partial charge is 0.369 e. The van der Waals surface area contributed by atoms with Gasteiger partial charge in [-0.05, 0) is 41.7 Å². The van der Waals surface area contributed by atoms with Gasteiger partial charge >= 0.3 is 0 Å². The first kappa shape index (κ1) is 22.8. The lowest BCUT2D eigenvalue weighted by molar-refractivity contribution is -0.130. The molecule has 1 saturated carbocycles. The molecule has 0 saturated heterocycles. The van der Waals surface area contributed by atoms with Gasteiger partial charge in [0.1, 0.15) is 0 Å². The van der Waals surface area contributed by atoms with Gasteiger partial charge in [0.25, 0.3) is 5.91 Å². The van der Waals surface area contributed by atoms with Crippen molar-refractivity contribution >= 4 is 23.5 Å². The third-order valence-electron chi connectivity index (χ3n) is 7.01. The molecule has 2 aliphatic rings. The number of rotatable bonds is 6. The maximum atomic E-state index is 14.0. The van der Waals surface area contributed by atoms with Crippen LogP contribution in [0.1, 0.15) is 48.8 Å². The number of carbonyl (C=O) groups excluding carboxylic acids is 2. The number of guanidine groups is 1. The van der Waals surface area contributed by atoms with E-state index in [1.54, 1.807) is 0 Å². The lowest BCUT2D eigenvalue weighted by Gasteiger charge is -2.27. The molecule has 0 atom stereocenters. The van der Waals surface area contributed by atoms with Crippen molar-refractivity contribution in [2.24, 2.45) is 16.6 Å². The average Bonchev–Trinajstić information content (AvgIpc) is 3.16. The SMILES string of the molecule is NC1=NC(c2ccccc2)(c2ccccc2)C(=O)N1Cc1cccc(NC(=O)C2CCCCC2)c1. The molecule has 3 aromatic rings. The Morgan fingerprint density at radius 2 is 1.54 bits per heavy atom. The van der Waals surface area contributed by atoms with Crippen LogP contribution in [-0.2, 0) is 21.7 Å². The molecular formula is C29H30N4O2. The van der Waals surface area contributed by atoms with Crippen molar-refractivity contribution in [1.82, 2.24) is 4.90 Å². The molecule has 1 aliphatic heterocycles.